The smallest absolute Gasteiger partial charge is 0.236 e. The molecule has 1 heterocycles. The van der Waals surface area contributed by atoms with E-state index in [1.54, 1.807) is 7.11 Å². The van der Waals surface area contributed by atoms with Crippen molar-refractivity contribution < 1.29 is 9.53 Å². The Hall–Kier alpha value is -1.55. The van der Waals surface area contributed by atoms with Gasteiger partial charge in [-0.3, -0.25) is 4.79 Å². The van der Waals surface area contributed by atoms with Crippen molar-refractivity contribution in [2.24, 2.45) is 5.73 Å². The summed E-state index contributed by atoms with van der Waals surface area (Å²) >= 11 is 0. The van der Waals surface area contributed by atoms with E-state index in [-0.39, 0.29) is 18.6 Å². The predicted molar refractivity (Wildman–Crippen MR) is 62.4 cm³/mol. The van der Waals surface area contributed by atoms with Crippen molar-refractivity contribution in [1.29, 1.82) is 0 Å². The third kappa shape index (κ3) is 2.17. The average molecular weight is 220 g/mol. The Labute approximate surface area is 95.0 Å². The molecule has 0 radical (unpaired) electrons. The number of nitrogens with zero attached hydrogens (tertiary/aromatic N) is 1. The molecule has 1 aromatic rings. The number of methoxy groups -OCH3 is 1. The van der Waals surface area contributed by atoms with Crippen molar-refractivity contribution >= 4 is 11.6 Å². The number of anilines is 1. The largest absolute Gasteiger partial charge is 0.379 e. The fourth-order valence-electron chi connectivity index (χ4n) is 2.14. The Morgan fingerprint density at radius 1 is 1.56 bits per heavy atom. The number of fused-ring (bicyclic) bond motifs is 1. The van der Waals surface area contributed by atoms with Crippen LogP contribution in [-0.2, 0) is 16.0 Å². The van der Waals surface area contributed by atoms with Gasteiger partial charge >= 0.3 is 0 Å². The van der Waals surface area contributed by atoms with E-state index in [0.29, 0.717) is 0 Å². The molecule has 4 nitrogen and oxygen atoms in total. The zero-order valence-electron chi connectivity index (χ0n) is 9.35. The van der Waals surface area contributed by atoms with Crippen LogP contribution in [0.3, 0.4) is 0 Å². The lowest BCUT2D eigenvalue weighted by atomic mass is 9.99. The van der Waals surface area contributed by atoms with Gasteiger partial charge in [0.15, 0.2) is 0 Å². The first-order chi connectivity index (χ1) is 7.70. The molecule has 0 saturated heterocycles. The summed E-state index contributed by atoms with van der Waals surface area (Å²) < 4.78 is 5.37. The Morgan fingerprint density at radius 3 is 3.00 bits per heavy atom. The van der Waals surface area contributed by atoms with Crippen LogP contribution in [0.4, 0.5) is 5.69 Å². The molecule has 0 aliphatic carbocycles. The standard InChI is InChI=1S/C12H16N2O2/c1-16-10-6-9-4-2-3-5-11(9)14(7-10)8-12(13)15/h2-5,10H,6-8H2,1H3,(H2,13,15). The van der Waals surface area contributed by atoms with E-state index in [1.807, 2.05) is 23.1 Å². The van der Waals surface area contributed by atoms with Crippen LogP contribution in [0.25, 0.3) is 0 Å². The van der Waals surface area contributed by atoms with Gasteiger partial charge in [-0.15, -0.1) is 0 Å². The van der Waals surface area contributed by atoms with E-state index in [0.717, 1.165) is 18.7 Å². The SMILES string of the molecule is COC1Cc2ccccc2N(CC(N)=O)C1. The van der Waals surface area contributed by atoms with Gasteiger partial charge in [-0.1, -0.05) is 18.2 Å². The summed E-state index contributed by atoms with van der Waals surface area (Å²) in [7, 11) is 1.70. The lowest BCUT2D eigenvalue weighted by molar-refractivity contribution is -0.116. The second-order valence-electron chi connectivity index (χ2n) is 4.04. The molecule has 1 unspecified atom stereocenters. The minimum atomic E-state index is -0.313. The quantitative estimate of drug-likeness (QED) is 0.809. The van der Waals surface area contributed by atoms with Crippen LogP contribution in [0.5, 0.6) is 0 Å². The molecule has 0 bridgehead atoms. The van der Waals surface area contributed by atoms with Crippen molar-refractivity contribution in [2.75, 3.05) is 25.1 Å². The molecule has 1 aliphatic rings. The first-order valence-electron chi connectivity index (χ1n) is 5.34. The van der Waals surface area contributed by atoms with Gasteiger partial charge in [0.2, 0.25) is 5.91 Å². The summed E-state index contributed by atoms with van der Waals surface area (Å²) in [6.45, 7) is 0.966. The molecule has 1 amide bonds. The van der Waals surface area contributed by atoms with Gasteiger partial charge in [0.05, 0.1) is 12.6 Å². The second kappa shape index (κ2) is 4.53. The van der Waals surface area contributed by atoms with Gasteiger partial charge in [-0.05, 0) is 11.6 Å². The molecule has 16 heavy (non-hydrogen) atoms. The van der Waals surface area contributed by atoms with E-state index in [1.165, 1.54) is 5.56 Å². The maximum absolute atomic E-state index is 11.0. The molecule has 2 N–H and O–H groups in total. The molecule has 0 fully saturated rings. The molecule has 2 rings (SSSR count). The summed E-state index contributed by atoms with van der Waals surface area (Å²) in [5.41, 5.74) is 7.55. The summed E-state index contributed by atoms with van der Waals surface area (Å²) in [5, 5.41) is 0. The number of amides is 1. The maximum Gasteiger partial charge on any atom is 0.236 e. The van der Waals surface area contributed by atoms with Crippen LogP contribution in [0.15, 0.2) is 24.3 Å². The Balaban J connectivity index is 2.27. The molecule has 0 spiro atoms. The number of para-hydroxylation sites is 1. The van der Waals surface area contributed by atoms with Crippen LogP contribution in [0.1, 0.15) is 5.56 Å². The molecule has 1 aliphatic heterocycles. The van der Waals surface area contributed by atoms with Gasteiger partial charge in [-0.2, -0.15) is 0 Å². The van der Waals surface area contributed by atoms with Gasteiger partial charge < -0.3 is 15.4 Å². The summed E-state index contributed by atoms with van der Waals surface area (Å²) in [4.78, 5) is 13.0. The normalized spacial score (nSPS) is 19.3. The monoisotopic (exact) mass is 220 g/mol. The third-order valence-corrected chi connectivity index (χ3v) is 2.88. The lowest BCUT2D eigenvalue weighted by Gasteiger charge is -2.34. The van der Waals surface area contributed by atoms with Gasteiger partial charge in [0.1, 0.15) is 0 Å². The number of rotatable bonds is 3. The van der Waals surface area contributed by atoms with Crippen molar-refractivity contribution in [1.82, 2.24) is 0 Å². The Kier molecular flexibility index (Phi) is 3.10. The highest BCUT2D eigenvalue weighted by molar-refractivity contribution is 5.80. The zero-order valence-corrected chi connectivity index (χ0v) is 9.35. The number of ether oxygens (including phenoxy) is 1. The highest BCUT2D eigenvalue weighted by atomic mass is 16.5. The number of hydrogen-bond acceptors (Lipinski definition) is 3. The Bertz CT molecular complexity index is 392. The Morgan fingerprint density at radius 2 is 2.31 bits per heavy atom. The van der Waals surface area contributed by atoms with E-state index in [4.69, 9.17) is 10.5 Å². The lowest BCUT2D eigenvalue weighted by Crippen LogP contribution is -2.43. The topological polar surface area (TPSA) is 55.6 Å². The number of primary amides is 1. The van der Waals surface area contributed by atoms with Crippen molar-refractivity contribution in [3.05, 3.63) is 29.8 Å². The minimum absolute atomic E-state index is 0.134. The van der Waals surface area contributed by atoms with Crippen LogP contribution in [0.2, 0.25) is 0 Å². The van der Waals surface area contributed by atoms with Crippen molar-refractivity contribution in [3.8, 4) is 0 Å². The molecular formula is C12H16N2O2. The first kappa shape index (κ1) is 11.0. The fraction of sp³-hybridized carbons (Fsp3) is 0.417. The van der Waals surface area contributed by atoms with E-state index in [9.17, 15) is 4.79 Å². The molecule has 1 atom stereocenters. The molecule has 0 aromatic heterocycles. The van der Waals surface area contributed by atoms with E-state index < -0.39 is 0 Å². The van der Waals surface area contributed by atoms with E-state index in [2.05, 4.69) is 6.07 Å². The molecular weight excluding hydrogens is 204 g/mol. The molecule has 86 valence electrons. The summed E-state index contributed by atoms with van der Waals surface area (Å²) in [6.07, 6.45) is 1.02. The third-order valence-electron chi connectivity index (χ3n) is 2.88. The minimum Gasteiger partial charge on any atom is -0.379 e. The van der Waals surface area contributed by atoms with Crippen LogP contribution in [0, 0.1) is 0 Å². The number of carbonyl (C=O) groups is 1. The van der Waals surface area contributed by atoms with Crippen LogP contribution >= 0.6 is 0 Å². The predicted octanol–water partition coefficient (Wildman–Crippen LogP) is 0.549. The second-order valence-corrected chi connectivity index (χ2v) is 4.04. The molecule has 0 saturated carbocycles. The maximum atomic E-state index is 11.0. The highest BCUT2D eigenvalue weighted by Gasteiger charge is 2.24. The summed E-state index contributed by atoms with van der Waals surface area (Å²) in [5.74, 6) is -0.313. The number of benzene rings is 1. The number of hydrogen-bond donors (Lipinski definition) is 1. The highest BCUT2D eigenvalue weighted by Crippen LogP contribution is 2.27. The van der Waals surface area contributed by atoms with Crippen LogP contribution < -0.4 is 10.6 Å². The van der Waals surface area contributed by atoms with Crippen molar-refractivity contribution in [2.45, 2.75) is 12.5 Å². The van der Waals surface area contributed by atoms with Crippen LogP contribution in [-0.4, -0.2) is 32.2 Å². The average Bonchev–Trinajstić information content (AvgIpc) is 2.28. The van der Waals surface area contributed by atoms with Gasteiger partial charge in [0.25, 0.3) is 0 Å². The zero-order chi connectivity index (χ0) is 11.5. The number of nitrogens with two attached hydrogens (primary N) is 1. The van der Waals surface area contributed by atoms with Crippen molar-refractivity contribution in [3.63, 3.8) is 0 Å². The summed E-state index contributed by atoms with van der Waals surface area (Å²) in [6, 6.07) is 8.05. The molecule has 4 heteroatoms. The fourth-order valence-corrected chi connectivity index (χ4v) is 2.14. The number of carbonyl (C=O) groups excluding carboxylic acids is 1. The van der Waals surface area contributed by atoms with E-state index >= 15 is 0 Å². The first-order valence-corrected chi connectivity index (χ1v) is 5.34. The van der Waals surface area contributed by atoms with Gasteiger partial charge in [0, 0.05) is 25.8 Å². The van der Waals surface area contributed by atoms with Gasteiger partial charge in [-0.25, -0.2) is 0 Å². The molecule has 1 aromatic carbocycles.